The molecular formula is C12H9N3O3S. The maximum atomic E-state index is 10.8. The predicted octanol–water partition coefficient (Wildman–Crippen LogP) is 2.50. The van der Waals surface area contributed by atoms with Crippen LogP contribution < -0.4 is 0 Å². The van der Waals surface area contributed by atoms with Gasteiger partial charge in [0.15, 0.2) is 16.6 Å². The number of aryl methyl sites for hydroxylation is 1. The summed E-state index contributed by atoms with van der Waals surface area (Å²) in [5, 5.41) is 11.4. The maximum Gasteiger partial charge on any atom is 0.338 e. The van der Waals surface area contributed by atoms with Gasteiger partial charge in [-0.1, -0.05) is 0 Å². The lowest BCUT2D eigenvalue weighted by Gasteiger charge is -1.95. The van der Waals surface area contributed by atoms with E-state index in [0.29, 0.717) is 11.5 Å². The highest BCUT2D eigenvalue weighted by Gasteiger charge is 2.14. The van der Waals surface area contributed by atoms with Crippen molar-refractivity contribution in [1.29, 1.82) is 0 Å². The number of carboxylic acids is 1. The van der Waals surface area contributed by atoms with Crippen LogP contribution in [-0.4, -0.2) is 25.6 Å². The third kappa shape index (κ3) is 2.04. The first kappa shape index (κ1) is 11.7. The molecule has 0 aliphatic heterocycles. The highest BCUT2D eigenvalue weighted by Crippen LogP contribution is 2.28. The zero-order chi connectivity index (χ0) is 13.4. The fourth-order valence-corrected chi connectivity index (χ4v) is 2.49. The van der Waals surface area contributed by atoms with Crippen molar-refractivity contribution in [3.05, 3.63) is 35.7 Å². The first-order chi connectivity index (χ1) is 9.15. The number of aromatic carboxylic acids is 1. The summed E-state index contributed by atoms with van der Waals surface area (Å²) in [6, 6.07) is 1.46. The van der Waals surface area contributed by atoms with E-state index in [1.165, 1.54) is 23.7 Å². The molecule has 0 unspecified atom stereocenters. The van der Waals surface area contributed by atoms with Crippen molar-refractivity contribution in [2.24, 2.45) is 7.05 Å². The zero-order valence-corrected chi connectivity index (χ0v) is 10.7. The van der Waals surface area contributed by atoms with E-state index in [0.717, 1.165) is 10.8 Å². The molecule has 0 aromatic carbocycles. The van der Waals surface area contributed by atoms with Crippen LogP contribution in [0.3, 0.4) is 0 Å². The third-order valence-corrected chi connectivity index (χ3v) is 3.45. The quantitative estimate of drug-likeness (QED) is 0.794. The fraction of sp³-hybridized carbons (Fsp3) is 0.0833. The Morgan fingerprint density at radius 1 is 1.53 bits per heavy atom. The number of hydrogen-bond donors (Lipinski definition) is 1. The van der Waals surface area contributed by atoms with E-state index >= 15 is 0 Å². The van der Waals surface area contributed by atoms with E-state index in [1.54, 1.807) is 6.20 Å². The van der Waals surface area contributed by atoms with Crippen LogP contribution in [0.2, 0.25) is 0 Å². The molecule has 7 heteroatoms. The highest BCUT2D eigenvalue weighted by atomic mass is 32.1. The van der Waals surface area contributed by atoms with Gasteiger partial charge in [0.1, 0.15) is 12.0 Å². The maximum absolute atomic E-state index is 10.8. The van der Waals surface area contributed by atoms with Crippen LogP contribution >= 0.6 is 11.3 Å². The number of carboxylic acid groups (broad SMARTS) is 1. The molecule has 3 heterocycles. The van der Waals surface area contributed by atoms with Gasteiger partial charge in [-0.15, -0.1) is 11.3 Å². The number of hydrogen-bond acceptors (Lipinski definition) is 5. The average molecular weight is 275 g/mol. The molecule has 0 atom stereocenters. The molecule has 0 saturated carbocycles. The Kier molecular flexibility index (Phi) is 2.68. The van der Waals surface area contributed by atoms with Crippen LogP contribution in [0.5, 0.6) is 0 Å². The lowest BCUT2D eigenvalue weighted by atomic mass is 10.3. The minimum Gasteiger partial charge on any atom is -0.478 e. The Morgan fingerprint density at radius 3 is 3.00 bits per heavy atom. The predicted molar refractivity (Wildman–Crippen MR) is 69.0 cm³/mol. The van der Waals surface area contributed by atoms with Crippen molar-refractivity contribution in [2.75, 3.05) is 0 Å². The number of furan rings is 1. The van der Waals surface area contributed by atoms with Crippen LogP contribution in [0, 0.1) is 0 Å². The van der Waals surface area contributed by atoms with E-state index < -0.39 is 5.97 Å². The Hall–Kier alpha value is -2.41. The fourth-order valence-electron chi connectivity index (χ4n) is 1.64. The molecule has 0 aliphatic carbocycles. The molecular weight excluding hydrogens is 266 g/mol. The molecule has 6 nitrogen and oxygen atoms in total. The number of imidazole rings is 1. The second-order valence-electron chi connectivity index (χ2n) is 3.90. The summed E-state index contributed by atoms with van der Waals surface area (Å²) >= 11 is 1.43. The highest BCUT2D eigenvalue weighted by molar-refractivity contribution is 7.13. The summed E-state index contributed by atoms with van der Waals surface area (Å²) < 4.78 is 7.08. The summed E-state index contributed by atoms with van der Waals surface area (Å²) in [5.74, 6) is 0.185. The Morgan fingerprint density at radius 2 is 2.37 bits per heavy atom. The van der Waals surface area contributed by atoms with Gasteiger partial charge in [-0.3, -0.25) is 0 Å². The van der Waals surface area contributed by atoms with Crippen LogP contribution in [-0.2, 0) is 7.05 Å². The number of nitrogens with zero attached hydrogens (tertiary/aromatic N) is 3. The van der Waals surface area contributed by atoms with Gasteiger partial charge in [0, 0.05) is 30.9 Å². The lowest BCUT2D eigenvalue weighted by molar-refractivity contribution is 0.0696. The molecule has 1 N–H and O–H groups in total. The standard InChI is InChI=1S/C12H9N3O3S/c1-15-3-2-13-10(15)11-14-8(6-19-11)9-4-7(5-18-9)12(16)17/h2-6H,1H3,(H,16,17). The number of rotatable bonds is 3. The molecule has 96 valence electrons. The second-order valence-corrected chi connectivity index (χ2v) is 4.76. The van der Waals surface area contributed by atoms with Gasteiger partial charge in [-0.05, 0) is 0 Å². The first-order valence-electron chi connectivity index (χ1n) is 5.40. The number of aromatic nitrogens is 3. The van der Waals surface area contributed by atoms with E-state index in [2.05, 4.69) is 9.97 Å². The SMILES string of the molecule is Cn1ccnc1-c1nc(-c2cc(C(=O)O)co2)cs1. The summed E-state index contributed by atoms with van der Waals surface area (Å²) in [5.41, 5.74) is 0.719. The summed E-state index contributed by atoms with van der Waals surface area (Å²) in [6.07, 6.45) is 4.75. The Labute approximate surface area is 112 Å². The topological polar surface area (TPSA) is 81.2 Å². The van der Waals surface area contributed by atoms with Crippen LogP contribution in [0.15, 0.2) is 34.5 Å². The van der Waals surface area contributed by atoms with Crippen molar-refractivity contribution in [3.8, 4) is 22.3 Å². The van der Waals surface area contributed by atoms with E-state index in [4.69, 9.17) is 9.52 Å². The van der Waals surface area contributed by atoms with Gasteiger partial charge in [-0.2, -0.15) is 0 Å². The normalized spacial score (nSPS) is 10.8. The minimum atomic E-state index is -1.02. The van der Waals surface area contributed by atoms with Gasteiger partial charge >= 0.3 is 5.97 Å². The summed E-state index contributed by atoms with van der Waals surface area (Å²) in [7, 11) is 1.89. The van der Waals surface area contributed by atoms with E-state index in [9.17, 15) is 4.79 Å². The molecule has 3 aromatic heterocycles. The second kappa shape index (κ2) is 4.36. The molecule has 0 fully saturated rings. The van der Waals surface area contributed by atoms with Gasteiger partial charge in [0.05, 0.1) is 5.56 Å². The molecule has 0 aliphatic rings. The largest absolute Gasteiger partial charge is 0.478 e. The lowest BCUT2D eigenvalue weighted by Crippen LogP contribution is -1.91. The van der Waals surface area contributed by atoms with Gasteiger partial charge < -0.3 is 14.1 Å². The number of thiazole rings is 1. The molecule has 19 heavy (non-hydrogen) atoms. The van der Waals surface area contributed by atoms with Crippen molar-refractivity contribution in [3.63, 3.8) is 0 Å². The van der Waals surface area contributed by atoms with Crippen molar-refractivity contribution in [2.45, 2.75) is 0 Å². The molecule has 0 radical (unpaired) electrons. The molecule has 3 aromatic rings. The summed E-state index contributed by atoms with van der Waals surface area (Å²) in [6.45, 7) is 0. The van der Waals surface area contributed by atoms with Gasteiger partial charge in [0.25, 0.3) is 0 Å². The Bertz CT molecular complexity index is 741. The van der Waals surface area contributed by atoms with Gasteiger partial charge in [0.2, 0.25) is 0 Å². The van der Waals surface area contributed by atoms with E-state index in [-0.39, 0.29) is 5.56 Å². The Balaban J connectivity index is 1.97. The number of carbonyl (C=O) groups is 1. The molecule has 0 amide bonds. The van der Waals surface area contributed by atoms with E-state index in [1.807, 2.05) is 23.2 Å². The third-order valence-electron chi connectivity index (χ3n) is 2.62. The minimum absolute atomic E-state index is 0.113. The first-order valence-corrected chi connectivity index (χ1v) is 6.28. The average Bonchev–Trinajstić information content (AvgIpc) is 3.07. The van der Waals surface area contributed by atoms with Crippen LogP contribution in [0.4, 0.5) is 0 Å². The van der Waals surface area contributed by atoms with Crippen molar-refractivity contribution >= 4 is 17.3 Å². The smallest absolute Gasteiger partial charge is 0.338 e. The molecule has 3 rings (SSSR count). The van der Waals surface area contributed by atoms with Crippen LogP contribution in [0.1, 0.15) is 10.4 Å². The van der Waals surface area contributed by atoms with Gasteiger partial charge in [-0.25, -0.2) is 14.8 Å². The van der Waals surface area contributed by atoms with Crippen molar-refractivity contribution < 1.29 is 14.3 Å². The molecule has 0 spiro atoms. The molecule has 0 saturated heterocycles. The zero-order valence-electron chi connectivity index (χ0n) is 9.90. The monoisotopic (exact) mass is 275 g/mol. The van der Waals surface area contributed by atoms with Crippen LogP contribution in [0.25, 0.3) is 22.3 Å². The summed E-state index contributed by atoms with van der Waals surface area (Å²) in [4.78, 5) is 19.4. The van der Waals surface area contributed by atoms with Crippen molar-refractivity contribution in [1.82, 2.24) is 14.5 Å². The molecule has 0 bridgehead atoms.